The molecule has 0 spiro atoms. The quantitative estimate of drug-likeness (QED) is 0.196. The Morgan fingerprint density at radius 3 is 1.24 bits per heavy atom. The Labute approximate surface area is 223 Å². The fourth-order valence-corrected chi connectivity index (χ4v) is 3.82. The number of rotatable bonds is 9. The van der Waals surface area contributed by atoms with Crippen LogP contribution >= 0.6 is 0 Å². The minimum atomic E-state index is 0.136. The molecule has 0 aliphatic rings. The predicted molar refractivity (Wildman–Crippen MR) is 158 cm³/mol. The van der Waals surface area contributed by atoms with Crippen molar-refractivity contribution >= 4 is 36.2 Å². The van der Waals surface area contributed by atoms with Crippen molar-refractivity contribution < 1.29 is 10.2 Å². The minimum Gasteiger partial charge on any atom is -0.507 e. The molecule has 0 fully saturated rings. The summed E-state index contributed by atoms with van der Waals surface area (Å²) in [6, 6.07) is 26.7. The van der Waals surface area contributed by atoms with Crippen molar-refractivity contribution in [3.63, 3.8) is 0 Å². The lowest BCUT2D eigenvalue weighted by Crippen LogP contribution is -1.95. The fraction of sp³-hybridized carbons (Fsp3) is 0.125. The van der Waals surface area contributed by atoms with E-state index in [1.165, 1.54) is 0 Å². The number of phenols is 2. The smallest absolute Gasteiger partial charge is 0.133 e. The van der Waals surface area contributed by atoms with Gasteiger partial charge in [-0.2, -0.15) is 0 Å². The summed E-state index contributed by atoms with van der Waals surface area (Å²) in [6.07, 6.45) is 6.62. The number of nitrogens with zero attached hydrogens (tertiary/aromatic N) is 4. The lowest BCUT2D eigenvalue weighted by molar-refractivity contribution is 0.473. The van der Waals surface area contributed by atoms with Gasteiger partial charge >= 0.3 is 0 Å². The Balaban J connectivity index is 1.39. The van der Waals surface area contributed by atoms with Crippen molar-refractivity contribution in [1.82, 2.24) is 0 Å². The van der Waals surface area contributed by atoms with Crippen LogP contribution < -0.4 is 0 Å². The molecule has 2 N–H and O–H groups in total. The molecular formula is C32H30N4O2. The van der Waals surface area contributed by atoms with Crippen LogP contribution in [0.15, 0.2) is 105 Å². The van der Waals surface area contributed by atoms with Crippen LogP contribution in [-0.2, 0) is 0 Å². The molecule has 0 atom stereocenters. The molecule has 0 aliphatic carbocycles. The first-order chi connectivity index (χ1) is 18.5. The van der Waals surface area contributed by atoms with Crippen LogP contribution in [-0.4, -0.2) is 48.2 Å². The Morgan fingerprint density at radius 1 is 0.526 bits per heavy atom. The van der Waals surface area contributed by atoms with Crippen molar-refractivity contribution in [1.29, 1.82) is 0 Å². The third kappa shape index (κ3) is 7.34. The molecule has 0 aromatic heterocycles. The normalized spacial score (nSPS) is 11.9. The van der Waals surface area contributed by atoms with Gasteiger partial charge in [0.2, 0.25) is 0 Å². The summed E-state index contributed by atoms with van der Waals surface area (Å²) in [5, 5.41) is 21.4. The van der Waals surface area contributed by atoms with E-state index in [2.05, 4.69) is 20.0 Å². The monoisotopic (exact) mass is 502 g/mol. The summed E-state index contributed by atoms with van der Waals surface area (Å²) in [5.74, 6) is 0.272. The highest BCUT2D eigenvalue weighted by Crippen LogP contribution is 2.24. The maximum absolute atomic E-state index is 10.7. The van der Waals surface area contributed by atoms with Gasteiger partial charge in [0.15, 0.2) is 0 Å². The van der Waals surface area contributed by atoms with Crippen molar-refractivity contribution in [2.75, 3.05) is 13.1 Å². The van der Waals surface area contributed by atoms with Crippen molar-refractivity contribution in [2.24, 2.45) is 20.0 Å². The van der Waals surface area contributed by atoms with Gasteiger partial charge in [-0.05, 0) is 73.5 Å². The first kappa shape index (κ1) is 26.2. The van der Waals surface area contributed by atoms with Crippen LogP contribution in [0.2, 0.25) is 0 Å². The van der Waals surface area contributed by atoms with Gasteiger partial charge in [0.05, 0.1) is 24.5 Å². The van der Waals surface area contributed by atoms with E-state index in [0.29, 0.717) is 35.3 Å². The van der Waals surface area contributed by atoms with E-state index in [0.717, 1.165) is 22.5 Å². The van der Waals surface area contributed by atoms with Gasteiger partial charge in [-0.3, -0.25) is 20.0 Å². The van der Waals surface area contributed by atoms with Crippen LogP contribution in [0.1, 0.15) is 33.4 Å². The average Bonchev–Trinajstić information content (AvgIpc) is 2.93. The zero-order valence-electron chi connectivity index (χ0n) is 21.5. The Morgan fingerprint density at radius 2 is 0.868 bits per heavy atom. The lowest BCUT2D eigenvalue weighted by atomic mass is 10.1. The third-order valence-electron chi connectivity index (χ3n) is 5.66. The van der Waals surface area contributed by atoms with Crippen LogP contribution in [0.3, 0.4) is 0 Å². The number of benzene rings is 4. The first-order valence-electron chi connectivity index (χ1n) is 12.3. The van der Waals surface area contributed by atoms with Gasteiger partial charge < -0.3 is 10.2 Å². The highest BCUT2D eigenvalue weighted by molar-refractivity contribution is 5.94. The Hall–Kier alpha value is -4.84. The lowest BCUT2D eigenvalue weighted by Gasteiger charge is -2.06. The summed E-state index contributed by atoms with van der Waals surface area (Å²) >= 11 is 0. The summed E-state index contributed by atoms with van der Waals surface area (Å²) in [6.45, 7) is 4.81. The zero-order chi connectivity index (χ0) is 26.7. The van der Waals surface area contributed by atoms with Crippen molar-refractivity contribution in [3.05, 3.63) is 118 Å². The molecule has 4 aromatic rings. The zero-order valence-corrected chi connectivity index (χ0v) is 21.5. The Kier molecular flexibility index (Phi) is 8.92. The largest absolute Gasteiger partial charge is 0.507 e. The average molecular weight is 503 g/mol. The van der Waals surface area contributed by atoms with Crippen LogP contribution in [0, 0.1) is 13.8 Å². The maximum atomic E-state index is 10.7. The molecule has 0 aliphatic heterocycles. The van der Waals surface area contributed by atoms with Crippen molar-refractivity contribution in [3.8, 4) is 11.5 Å². The molecule has 0 unspecified atom stereocenters. The molecule has 0 heterocycles. The molecule has 4 aromatic carbocycles. The molecule has 6 heteroatoms. The number of phenolic OH excluding ortho intramolecular Hbond substituents is 2. The van der Waals surface area contributed by atoms with E-state index in [4.69, 9.17) is 0 Å². The first-order valence-corrected chi connectivity index (χ1v) is 12.3. The fourth-order valence-electron chi connectivity index (χ4n) is 3.82. The number of aryl methyl sites for hydroxylation is 2. The third-order valence-corrected chi connectivity index (χ3v) is 5.66. The van der Waals surface area contributed by atoms with Gasteiger partial charge in [0.1, 0.15) is 11.5 Å². The van der Waals surface area contributed by atoms with Crippen molar-refractivity contribution in [2.45, 2.75) is 13.8 Å². The SMILES string of the molecule is Cc1cc(C=NCCN=Cc2cc(C)cc(C=Nc3ccccc3)c2O)c(O)c(C=Nc2ccccc2)c1. The second kappa shape index (κ2) is 12.9. The molecule has 4 rings (SSSR count). The molecule has 6 nitrogen and oxygen atoms in total. The number of hydrogen-bond acceptors (Lipinski definition) is 6. The number of para-hydroxylation sites is 2. The molecular weight excluding hydrogens is 472 g/mol. The predicted octanol–water partition coefficient (Wildman–Crippen LogP) is 6.75. The van der Waals surface area contributed by atoms with Crippen LogP contribution in [0.25, 0.3) is 0 Å². The molecule has 0 radical (unpaired) electrons. The molecule has 0 amide bonds. The number of aromatic hydroxyl groups is 2. The summed E-state index contributed by atoms with van der Waals surface area (Å²) < 4.78 is 0. The standard InChI is InChI=1S/C32H30N4O2/c1-23-15-25(31(37)27(17-23)21-35-29-9-5-3-6-10-29)19-33-13-14-34-20-26-16-24(2)18-28(32(26)38)22-36-30-11-7-4-8-12-30/h3-12,15-22,37-38H,13-14H2,1-2H3. The Bertz CT molecular complexity index is 1380. The number of hydrogen-bond donors (Lipinski definition) is 2. The molecule has 0 saturated heterocycles. The molecule has 38 heavy (non-hydrogen) atoms. The van der Waals surface area contributed by atoms with E-state index in [1.54, 1.807) is 24.9 Å². The number of aliphatic imine (C=N–C) groups is 4. The van der Waals surface area contributed by atoms with Gasteiger partial charge in [-0.25, -0.2) is 0 Å². The minimum absolute atomic E-state index is 0.136. The second-order valence-electron chi connectivity index (χ2n) is 8.84. The van der Waals surface area contributed by atoms with E-state index in [-0.39, 0.29) is 11.5 Å². The van der Waals surface area contributed by atoms with Gasteiger partial charge in [0.25, 0.3) is 0 Å². The van der Waals surface area contributed by atoms with Gasteiger partial charge in [-0.1, -0.05) is 36.4 Å². The van der Waals surface area contributed by atoms with Gasteiger partial charge in [-0.15, -0.1) is 0 Å². The summed E-state index contributed by atoms with van der Waals surface area (Å²) in [7, 11) is 0. The molecule has 190 valence electrons. The maximum Gasteiger partial charge on any atom is 0.133 e. The van der Waals surface area contributed by atoms with Crippen LogP contribution in [0.4, 0.5) is 11.4 Å². The van der Waals surface area contributed by atoms with E-state index >= 15 is 0 Å². The van der Waals surface area contributed by atoms with Crippen LogP contribution in [0.5, 0.6) is 11.5 Å². The van der Waals surface area contributed by atoms with E-state index < -0.39 is 0 Å². The second-order valence-corrected chi connectivity index (χ2v) is 8.84. The topological polar surface area (TPSA) is 89.9 Å². The summed E-state index contributed by atoms with van der Waals surface area (Å²) in [4.78, 5) is 17.7. The molecule has 0 bridgehead atoms. The van der Waals surface area contributed by atoms with Gasteiger partial charge in [0, 0.05) is 47.1 Å². The summed E-state index contributed by atoms with van der Waals surface area (Å²) in [5.41, 5.74) is 6.15. The molecule has 0 saturated carbocycles. The highest BCUT2D eigenvalue weighted by Gasteiger charge is 2.07. The van der Waals surface area contributed by atoms with E-state index in [1.807, 2.05) is 98.8 Å². The highest BCUT2D eigenvalue weighted by atomic mass is 16.3. The van der Waals surface area contributed by atoms with E-state index in [9.17, 15) is 10.2 Å².